The fourth-order valence-electron chi connectivity index (χ4n) is 5.25. The number of hydrogen-bond acceptors (Lipinski definition) is 4. The highest BCUT2D eigenvalue weighted by Gasteiger charge is 2.34. The van der Waals surface area contributed by atoms with Crippen molar-refractivity contribution in [2.24, 2.45) is 5.92 Å². The number of likely N-dealkylation sites (tertiary alicyclic amines) is 1. The van der Waals surface area contributed by atoms with Gasteiger partial charge in [-0.2, -0.15) is 0 Å². The maximum absolute atomic E-state index is 13.6. The molecule has 5 rings (SSSR count). The van der Waals surface area contributed by atoms with Gasteiger partial charge in [-0.15, -0.1) is 0 Å². The van der Waals surface area contributed by atoms with Gasteiger partial charge in [0.2, 0.25) is 5.91 Å². The molecule has 188 valence electrons. The summed E-state index contributed by atoms with van der Waals surface area (Å²) in [7, 11) is 0. The molecule has 2 fully saturated rings. The molecule has 1 aromatic heterocycles. The van der Waals surface area contributed by atoms with Crippen LogP contribution in [0.2, 0.25) is 0 Å². The van der Waals surface area contributed by atoms with Gasteiger partial charge < -0.3 is 14.2 Å². The third-order valence-corrected chi connectivity index (χ3v) is 7.23. The van der Waals surface area contributed by atoms with Crippen LogP contribution in [0, 0.1) is 17.6 Å². The van der Waals surface area contributed by atoms with Crippen LogP contribution in [0.25, 0.3) is 0 Å². The summed E-state index contributed by atoms with van der Waals surface area (Å²) in [5.41, 5.74) is 1.85. The maximum atomic E-state index is 13.6. The number of nitrogens with zero attached hydrogens (tertiary/aromatic N) is 3. The summed E-state index contributed by atoms with van der Waals surface area (Å²) < 4.78 is 32.4. The molecule has 0 atom stereocenters. The van der Waals surface area contributed by atoms with Gasteiger partial charge in [0.1, 0.15) is 11.6 Å². The fraction of sp³-hybridized carbons (Fsp3) is 0.357. The van der Waals surface area contributed by atoms with Gasteiger partial charge in [0.25, 0.3) is 5.91 Å². The number of carbonyl (C=O) groups is 2. The van der Waals surface area contributed by atoms with E-state index in [1.54, 1.807) is 41.3 Å². The van der Waals surface area contributed by atoms with E-state index < -0.39 is 0 Å². The van der Waals surface area contributed by atoms with Crippen LogP contribution < -0.4 is 0 Å². The molecule has 2 aliphatic rings. The Morgan fingerprint density at radius 1 is 0.750 bits per heavy atom. The van der Waals surface area contributed by atoms with Gasteiger partial charge in [0, 0.05) is 45.2 Å². The fourth-order valence-corrected chi connectivity index (χ4v) is 5.25. The minimum absolute atomic E-state index is 0.0952. The van der Waals surface area contributed by atoms with E-state index in [0.29, 0.717) is 57.9 Å². The lowest BCUT2D eigenvalue weighted by Crippen LogP contribution is -2.52. The molecular weight excluding hydrogens is 464 g/mol. The number of halogens is 2. The molecule has 0 bridgehead atoms. The van der Waals surface area contributed by atoms with Gasteiger partial charge in [-0.3, -0.25) is 14.5 Å². The van der Waals surface area contributed by atoms with Gasteiger partial charge in [0.05, 0.1) is 12.3 Å². The second-order valence-electron chi connectivity index (χ2n) is 9.41. The van der Waals surface area contributed by atoms with Crippen molar-refractivity contribution < 1.29 is 22.8 Å². The van der Waals surface area contributed by atoms with Crippen LogP contribution in [0.15, 0.2) is 71.3 Å². The summed E-state index contributed by atoms with van der Waals surface area (Å²) in [6.45, 7) is 3.55. The van der Waals surface area contributed by atoms with Crippen molar-refractivity contribution in [3.8, 4) is 0 Å². The van der Waals surface area contributed by atoms with Crippen LogP contribution in [0.5, 0.6) is 0 Å². The zero-order chi connectivity index (χ0) is 25.1. The predicted molar refractivity (Wildman–Crippen MR) is 130 cm³/mol. The van der Waals surface area contributed by atoms with E-state index in [4.69, 9.17) is 4.42 Å². The predicted octanol–water partition coefficient (Wildman–Crippen LogP) is 4.34. The van der Waals surface area contributed by atoms with E-state index in [1.165, 1.54) is 30.5 Å². The standard InChI is InChI=1S/C28H29F2N3O3/c29-23-7-3-20(4-8-23)26(21-5-9-24(30)10-6-21)31-15-17-33(18-16-31)27(34)22-11-13-32(14-12-22)28(35)25-2-1-19-36-25/h1-10,19,22,26H,11-18H2. The maximum Gasteiger partial charge on any atom is 0.289 e. The van der Waals surface area contributed by atoms with E-state index in [-0.39, 0.29) is 35.4 Å². The van der Waals surface area contributed by atoms with Gasteiger partial charge >= 0.3 is 0 Å². The lowest BCUT2D eigenvalue weighted by molar-refractivity contribution is -0.139. The summed E-state index contributed by atoms with van der Waals surface area (Å²) >= 11 is 0. The number of amides is 2. The van der Waals surface area contributed by atoms with Crippen LogP contribution in [-0.4, -0.2) is 65.8 Å². The van der Waals surface area contributed by atoms with Gasteiger partial charge in [-0.1, -0.05) is 24.3 Å². The van der Waals surface area contributed by atoms with Gasteiger partial charge in [0.15, 0.2) is 5.76 Å². The Hall–Kier alpha value is -3.52. The molecule has 0 spiro atoms. The van der Waals surface area contributed by atoms with Gasteiger partial charge in [-0.25, -0.2) is 8.78 Å². The highest BCUT2D eigenvalue weighted by molar-refractivity contribution is 5.91. The second-order valence-corrected chi connectivity index (χ2v) is 9.41. The number of piperidine rings is 1. The van der Waals surface area contributed by atoms with E-state index in [1.807, 2.05) is 4.90 Å². The number of benzene rings is 2. The Balaban J connectivity index is 1.20. The molecule has 2 aliphatic heterocycles. The minimum atomic E-state index is -0.302. The lowest BCUT2D eigenvalue weighted by atomic mass is 9.94. The number of furan rings is 1. The molecule has 3 aromatic rings. The first-order chi connectivity index (χ1) is 17.5. The van der Waals surface area contributed by atoms with Crippen molar-refractivity contribution in [3.05, 3.63) is 95.4 Å². The molecule has 0 unspecified atom stereocenters. The van der Waals surface area contributed by atoms with Crippen molar-refractivity contribution in [1.82, 2.24) is 14.7 Å². The Labute approximate surface area is 209 Å². The molecule has 3 heterocycles. The van der Waals surface area contributed by atoms with Crippen molar-refractivity contribution >= 4 is 11.8 Å². The molecular formula is C28H29F2N3O3. The summed E-state index contributed by atoms with van der Waals surface area (Å²) in [5.74, 6) is -0.366. The number of rotatable bonds is 5. The number of carbonyl (C=O) groups excluding carboxylic acids is 2. The van der Waals surface area contributed by atoms with Crippen LogP contribution in [-0.2, 0) is 4.79 Å². The first-order valence-electron chi connectivity index (χ1n) is 12.4. The summed E-state index contributed by atoms with van der Waals surface area (Å²) in [5, 5.41) is 0. The van der Waals surface area contributed by atoms with Crippen molar-refractivity contribution in [1.29, 1.82) is 0 Å². The van der Waals surface area contributed by atoms with E-state index in [0.717, 1.165) is 11.1 Å². The van der Waals surface area contributed by atoms with Crippen LogP contribution in [0.1, 0.15) is 40.6 Å². The third kappa shape index (κ3) is 5.18. The van der Waals surface area contributed by atoms with Gasteiger partial charge in [-0.05, 0) is 60.4 Å². The topological polar surface area (TPSA) is 57.0 Å². The van der Waals surface area contributed by atoms with E-state index in [2.05, 4.69) is 4.90 Å². The molecule has 0 radical (unpaired) electrons. The summed E-state index contributed by atoms with van der Waals surface area (Å²) in [6.07, 6.45) is 2.76. The minimum Gasteiger partial charge on any atom is -0.459 e. The lowest BCUT2D eigenvalue weighted by Gasteiger charge is -2.41. The summed E-state index contributed by atoms with van der Waals surface area (Å²) in [6, 6.07) is 16.0. The first kappa shape index (κ1) is 24.2. The third-order valence-electron chi connectivity index (χ3n) is 7.23. The van der Waals surface area contributed by atoms with Crippen LogP contribution in [0.3, 0.4) is 0 Å². The average Bonchev–Trinajstić information content (AvgIpc) is 3.46. The van der Waals surface area contributed by atoms with Crippen LogP contribution >= 0.6 is 0 Å². The smallest absolute Gasteiger partial charge is 0.289 e. The summed E-state index contributed by atoms with van der Waals surface area (Å²) in [4.78, 5) is 31.7. The molecule has 2 amide bonds. The molecule has 6 nitrogen and oxygen atoms in total. The van der Waals surface area contributed by atoms with Crippen molar-refractivity contribution in [2.75, 3.05) is 39.3 Å². The Morgan fingerprint density at radius 3 is 1.81 bits per heavy atom. The highest BCUT2D eigenvalue weighted by atomic mass is 19.1. The Morgan fingerprint density at radius 2 is 1.31 bits per heavy atom. The molecule has 36 heavy (non-hydrogen) atoms. The number of piperazine rings is 1. The normalized spacial score (nSPS) is 17.5. The molecule has 2 aromatic carbocycles. The SMILES string of the molecule is O=C(c1ccco1)N1CCC(C(=O)N2CCN(C(c3ccc(F)cc3)c3ccc(F)cc3)CC2)CC1. The molecule has 0 saturated carbocycles. The van der Waals surface area contributed by atoms with Crippen LogP contribution in [0.4, 0.5) is 8.78 Å². The molecule has 8 heteroatoms. The number of hydrogen-bond donors (Lipinski definition) is 0. The molecule has 0 aliphatic carbocycles. The average molecular weight is 494 g/mol. The highest BCUT2D eigenvalue weighted by Crippen LogP contribution is 2.31. The van der Waals surface area contributed by atoms with E-state index >= 15 is 0 Å². The van der Waals surface area contributed by atoms with Crippen molar-refractivity contribution in [3.63, 3.8) is 0 Å². The molecule has 2 saturated heterocycles. The monoisotopic (exact) mass is 493 g/mol. The second kappa shape index (κ2) is 10.6. The molecule has 0 N–H and O–H groups in total. The Bertz CT molecular complexity index is 1120. The Kier molecular flexibility index (Phi) is 7.13. The zero-order valence-electron chi connectivity index (χ0n) is 20.0. The quantitative estimate of drug-likeness (QED) is 0.531. The van der Waals surface area contributed by atoms with Crippen molar-refractivity contribution in [2.45, 2.75) is 18.9 Å². The first-order valence-corrected chi connectivity index (χ1v) is 12.4. The zero-order valence-corrected chi connectivity index (χ0v) is 20.0. The largest absolute Gasteiger partial charge is 0.459 e. The van der Waals surface area contributed by atoms with E-state index in [9.17, 15) is 18.4 Å².